The van der Waals surface area contributed by atoms with Crippen molar-refractivity contribution in [3.8, 4) is 0 Å². The Morgan fingerprint density at radius 1 is 1.80 bits per heavy atom. The van der Waals surface area contributed by atoms with E-state index in [0.717, 1.165) is 0 Å². The van der Waals surface area contributed by atoms with Crippen molar-refractivity contribution in [2.24, 2.45) is 0 Å². The standard InChI is InChI=1S/C8H14O2/c1-4-6-10-7(3)8(9)5-2/h4,7H,1,5-6H2,2-3H3. The molecule has 0 aromatic rings. The van der Waals surface area contributed by atoms with Crippen LogP contribution in [0, 0.1) is 0 Å². The second-order valence-corrected chi connectivity index (χ2v) is 2.08. The van der Waals surface area contributed by atoms with Gasteiger partial charge in [-0.15, -0.1) is 6.58 Å². The van der Waals surface area contributed by atoms with Crippen LogP contribution in [-0.2, 0) is 9.53 Å². The van der Waals surface area contributed by atoms with E-state index in [1.54, 1.807) is 13.0 Å². The molecule has 0 aromatic carbocycles. The van der Waals surface area contributed by atoms with Gasteiger partial charge in [0.1, 0.15) is 6.10 Å². The molecule has 0 aliphatic heterocycles. The fourth-order valence-electron chi connectivity index (χ4n) is 0.593. The first kappa shape index (κ1) is 9.37. The summed E-state index contributed by atoms with van der Waals surface area (Å²) in [5.41, 5.74) is 0. The van der Waals surface area contributed by atoms with Gasteiger partial charge in [0.15, 0.2) is 5.78 Å². The van der Waals surface area contributed by atoms with Gasteiger partial charge in [0.25, 0.3) is 0 Å². The molecule has 2 nitrogen and oxygen atoms in total. The van der Waals surface area contributed by atoms with Gasteiger partial charge < -0.3 is 4.74 Å². The average Bonchev–Trinajstić information content (AvgIpc) is 1.98. The quantitative estimate of drug-likeness (QED) is 0.544. The van der Waals surface area contributed by atoms with E-state index in [2.05, 4.69) is 6.58 Å². The van der Waals surface area contributed by atoms with Crippen LogP contribution >= 0.6 is 0 Å². The van der Waals surface area contributed by atoms with Gasteiger partial charge >= 0.3 is 0 Å². The van der Waals surface area contributed by atoms with E-state index in [9.17, 15) is 4.79 Å². The van der Waals surface area contributed by atoms with Crippen molar-refractivity contribution in [3.63, 3.8) is 0 Å². The molecule has 0 spiro atoms. The minimum absolute atomic E-state index is 0.141. The summed E-state index contributed by atoms with van der Waals surface area (Å²) in [5.74, 6) is 0.141. The molecule has 2 heteroatoms. The summed E-state index contributed by atoms with van der Waals surface area (Å²) in [5, 5.41) is 0. The van der Waals surface area contributed by atoms with Gasteiger partial charge in [-0.25, -0.2) is 0 Å². The molecule has 1 unspecified atom stereocenters. The van der Waals surface area contributed by atoms with Crippen molar-refractivity contribution in [1.82, 2.24) is 0 Å². The molecule has 0 aromatic heterocycles. The normalized spacial score (nSPS) is 12.6. The van der Waals surface area contributed by atoms with E-state index < -0.39 is 0 Å². The van der Waals surface area contributed by atoms with Gasteiger partial charge in [-0.2, -0.15) is 0 Å². The lowest BCUT2D eigenvalue weighted by atomic mass is 10.2. The Labute approximate surface area is 61.9 Å². The Hall–Kier alpha value is -0.630. The summed E-state index contributed by atoms with van der Waals surface area (Å²) in [4.78, 5) is 10.9. The Morgan fingerprint density at radius 3 is 2.80 bits per heavy atom. The number of hydrogen-bond acceptors (Lipinski definition) is 2. The number of rotatable bonds is 5. The molecule has 0 aliphatic carbocycles. The second-order valence-electron chi connectivity index (χ2n) is 2.08. The van der Waals surface area contributed by atoms with Gasteiger partial charge in [-0.05, 0) is 6.92 Å². The molecule has 10 heavy (non-hydrogen) atoms. The fraction of sp³-hybridized carbons (Fsp3) is 0.625. The summed E-state index contributed by atoms with van der Waals surface area (Å²) in [6, 6.07) is 0. The van der Waals surface area contributed by atoms with Gasteiger partial charge in [0.05, 0.1) is 6.61 Å². The third kappa shape index (κ3) is 3.41. The van der Waals surface area contributed by atoms with E-state index in [4.69, 9.17) is 4.74 Å². The minimum atomic E-state index is -0.275. The van der Waals surface area contributed by atoms with E-state index in [1.807, 2.05) is 6.92 Å². The van der Waals surface area contributed by atoms with Crippen LogP contribution in [-0.4, -0.2) is 18.5 Å². The SMILES string of the molecule is C=CCOC(C)C(=O)CC. The van der Waals surface area contributed by atoms with Crippen molar-refractivity contribution in [2.45, 2.75) is 26.4 Å². The zero-order valence-corrected chi connectivity index (χ0v) is 6.59. The second kappa shape index (κ2) is 5.18. The van der Waals surface area contributed by atoms with Crippen LogP contribution in [0.25, 0.3) is 0 Å². The third-order valence-corrected chi connectivity index (χ3v) is 1.27. The summed E-state index contributed by atoms with van der Waals surface area (Å²) < 4.78 is 5.08. The molecule has 0 saturated carbocycles. The zero-order valence-electron chi connectivity index (χ0n) is 6.59. The largest absolute Gasteiger partial charge is 0.367 e. The van der Waals surface area contributed by atoms with Crippen LogP contribution in [0.3, 0.4) is 0 Å². The maximum atomic E-state index is 10.9. The van der Waals surface area contributed by atoms with E-state index >= 15 is 0 Å². The van der Waals surface area contributed by atoms with Gasteiger partial charge in [0, 0.05) is 6.42 Å². The zero-order chi connectivity index (χ0) is 7.98. The monoisotopic (exact) mass is 142 g/mol. The van der Waals surface area contributed by atoms with Crippen LogP contribution in [0.2, 0.25) is 0 Å². The van der Waals surface area contributed by atoms with Crippen LogP contribution in [0.1, 0.15) is 20.3 Å². The van der Waals surface area contributed by atoms with Crippen molar-refractivity contribution >= 4 is 5.78 Å². The maximum absolute atomic E-state index is 10.9. The Kier molecular flexibility index (Phi) is 4.85. The van der Waals surface area contributed by atoms with E-state index in [1.165, 1.54) is 0 Å². The minimum Gasteiger partial charge on any atom is -0.367 e. The predicted octanol–water partition coefficient (Wildman–Crippen LogP) is 1.56. The highest BCUT2D eigenvalue weighted by molar-refractivity contribution is 5.82. The van der Waals surface area contributed by atoms with Crippen LogP contribution in [0.5, 0.6) is 0 Å². The van der Waals surface area contributed by atoms with Crippen molar-refractivity contribution in [1.29, 1.82) is 0 Å². The lowest BCUT2D eigenvalue weighted by Gasteiger charge is -2.07. The van der Waals surface area contributed by atoms with Gasteiger partial charge in [0.2, 0.25) is 0 Å². The van der Waals surface area contributed by atoms with Crippen LogP contribution in [0.4, 0.5) is 0 Å². The van der Waals surface area contributed by atoms with Crippen molar-refractivity contribution < 1.29 is 9.53 Å². The van der Waals surface area contributed by atoms with E-state index in [-0.39, 0.29) is 11.9 Å². The van der Waals surface area contributed by atoms with Crippen molar-refractivity contribution in [2.75, 3.05) is 6.61 Å². The number of Topliss-reactive ketones (excluding diaryl/α,β-unsaturated/α-hetero) is 1. The third-order valence-electron chi connectivity index (χ3n) is 1.27. The van der Waals surface area contributed by atoms with Crippen molar-refractivity contribution in [3.05, 3.63) is 12.7 Å². The molecule has 1 atom stereocenters. The topological polar surface area (TPSA) is 26.3 Å². The predicted molar refractivity (Wildman–Crippen MR) is 40.9 cm³/mol. The fourth-order valence-corrected chi connectivity index (χ4v) is 0.593. The average molecular weight is 142 g/mol. The van der Waals surface area contributed by atoms with Gasteiger partial charge in [-0.3, -0.25) is 4.79 Å². The molecule has 0 rings (SSSR count). The van der Waals surface area contributed by atoms with Gasteiger partial charge in [-0.1, -0.05) is 13.0 Å². The number of ketones is 1. The highest BCUT2D eigenvalue weighted by Gasteiger charge is 2.08. The highest BCUT2D eigenvalue weighted by atomic mass is 16.5. The summed E-state index contributed by atoms with van der Waals surface area (Å²) in [6.45, 7) is 7.52. The first-order chi connectivity index (χ1) is 4.72. The summed E-state index contributed by atoms with van der Waals surface area (Å²) >= 11 is 0. The van der Waals surface area contributed by atoms with Crippen LogP contribution in [0.15, 0.2) is 12.7 Å². The summed E-state index contributed by atoms with van der Waals surface area (Å²) in [7, 11) is 0. The number of carbonyl (C=O) groups excluding carboxylic acids is 1. The highest BCUT2D eigenvalue weighted by Crippen LogP contribution is 1.95. The molecule has 0 bridgehead atoms. The smallest absolute Gasteiger partial charge is 0.161 e. The Morgan fingerprint density at radius 2 is 2.40 bits per heavy atom. The lowest BCUT2D eigenvalue weighted by Crippen LogP contribution is -2.19. The molecular formula is C8H14O2. The Bertz CT molecular complexity index is 118. The lowest BCUT2D eigenvalue weighted by molar-refractivity contribution is -0.128. The number of hydrogen-bond donors (Lipinski definition) is 0. The summed E-state index contributed by atoms with van der Waals surface area (Å²) in [6.07, 6.45) is 1.90. The van der Waals surface area contributed by atoms with E-state index in [0.29, 0.717) is 13.0 Å². The molecule has 58 valence electrons. The molecule has 0 fully saturated rings. The molecule has 0 radical (unpaired) electrons. The molecule has 0 amide bonds. The molecule has 0 heterocycles. The number of ether oxygens (including phenoxy) is 1. The maximum Gasteiger partial charge on any atom is 0.161 e. The first-order valence-corrected chi connectivity index (χ1v) is 3.47. The first-order valence-electron chi connectivity index (χ1n) is 3.47. The Balaban J connectivity index is 3.50. The molecule has 0 saturated heterocycles. The molecule has 0 aliphatic rings. The molecule has 0 N–H and O–H groups in total. The molecular weight excluding hydrogens is 128 g/mol. The number of carbonyl (C=O) groups is 1. The van der Waals surface area contributed by atoms with Crippen LogP contribution < -0.4 is 0 Å².